The zero-order chi connectivity index (χ0) is 10.9. The van der Waals surface area contributed by atoms with Crippen LogP contribution in [0.15, 0.2) is 12.1 Å². The lowest BCUT2D eigenvalue weighted by molar-refractivity contribution is -0.385. The molecular weight excluding hydrogens is 293 g/mol. The second-order valence-corrected chi connectivity index (χ2v) is 4.72. The summed E-state index contributed by atoms with van der Waals surface area (Å²) in [5, 5.41) is 10.6. The van der Waals surface area contributed by atoms with Gasteiger partial charge in [0.15, 0.2) is 0 Å². The lowest BCUT2D eigenvalue weighted by Gasteiger charge is -2.10. The van der Waals surface area contributed by atoms with Crippen LogP contribution in [0.1, 0.15) is 30.9 Å². The molecule has 14 heavy (non-hydrogen) atoms. The van der Waals surface area contributed by atoms with E-state index in [0.29, 0.717) is 5.92 Å². The molecule has 0 heterocycles. The Balaban J connectivity index is 3.35. The summed E-state index contributed by atoms with van der Waals surface area (Å²) in [6.07, 6.45) is 0. The first kappa shape index (κ1) is 11.4. The quantitative estimate of drug-likeness (QED) is 0.476. The van der Waals surface area contributed by atoms with Crippen LogP contribution in [0.3, 0.4) is 0 Å². The van der Waals surface area contributed by atoms with Gasteiger partial charge in [0.1, 0.15) is 0 Å². The molecule has 1 aromatic carbocycles. The van der Waals surface area contributed by atoms with Gasteiger partial charge in [-0.2, -0.15) is 0 Å². The van der Waals surface area contributed by atoms with E-state index in [0.717, 1.165) is 14.7 Å². The van der Waals surface area contributed by atoms with E-state index in [1.165, 1.54) is 0 Å². The van der Waals surface area contributed by atoms with Gasteiger partial charge in [-0.3, -0.25) is 10.1 Å². The predicted molar refractivity (Wildman–Crippen MR) is 64.6 cm³/mol. The largest absolute Gasteiger partial charge is 0.270 e. The van der Waals surface area contributed by atoms with Crippen LogP contribution in [-0.4, -0.2) is 4.92 Å². The highest BCUT2D eigenvalue weighted by molar-refractivity contribution is 14.1. The number of rotatable bonds is 2. The number of hydrogen-bond donors (Lipinski definition) is 0. The average Bonchev–Trinajstić information content (AvgIpc) is 2.08. The Morgan fingerprint density at radius 3 is 2.43 bits per heavy atom. The molecule has 0 fully saturated rings. The Bertz CT molecular complexity index is 375. The number of hydrogen-bond acceptors (Lipinski definition) is 2. The summed E-state index contributed by atoms with van der Waals surface area (Å²) < 4.78 is 0.959. The maximum Gasteiger partial charge on any atom is 0.270 e. The molecule has 0 radical (unpaired) electrons. The van der Waals surface area contributed by atoms with Crippen molar-refractivity contribution < 1.29 is 4.92 Å². The van der Waals surface area contributed by atoms with E-state index in [9.17, 15) is 10.1 Å². The van der Waals surface area contributed by atoms with Gasteiger partial charge in [-0.1, -0.05) is 13.8 Å². The first-order valence-corrected chi connectivity index (χ1v) is 5.45. The molecular formula is C10H12INO2. The molecule has 76 valence electrons. The summed E-state index contributed by atoms with van der Waals surface area (Å²) in [4.78, 5) is 10.3. The van der Waals surface area contributed by atoms with Gasteiger partial charge >= 0.3 is 0 Å². The molecule has 0 saturated carbocycles. The van der Waals surface area contributed by atoms with E-state index in [2.05, 4.69) is 22.6 Å². The van der Waals surface area contributed by atoms with Gasteiger partial charge in [0.25, 0.3) is 5.69 Å². The van der Waals surface area contributed by atoms with Crippen LogP contribution in [0.4, 0.5) is 5.69 Å². The fourth-order valence-corrected chi connectivity index (χ4v) is 2.02. The van der Waals surface area contributed by atoms with Crippen molar-refractivity contribution in [1.82, 2.24) is 0 Å². The number of nitro groups is 1. The van der Waals surface area contributed by atoms with Crippen molar-refractivity contribution in [3.8, 4) is 0 Å². The molecule has 0 aliphatic heterocycles. The Labute approximate surface area is 96.8 Å². The summed E-state index contributed by atoms with van der Waals surface area (Å²) in [5.41, 5.74) is 2.39. The standard InChI is InChI=1S/C10H12INO2/c1-6(2)9-4-8(12(13)14)5-10(11)7(9)3/h4-6H,1-3H3. The summed E-state index contributed by atoms with van der Waals surface area (Å²) in [6.45, 7) is 6.09. The zero-order valence-corrected chi connectivity index (χ0v) is 10.5. The fraction of sp³-hybridized carbons (Fsp3) is 0.400. The highest BCUT2D eigenvalue weighted by atomic mass is 127. The van der Waals surface area contributed by atoms with Crippen molar-refractivity contribution in [2.75, 3.05) is 0 Å². The van der Waals surface area contributed by atoms with E-state index in [4.69, 9.17) is 0 Å². The minimum atomic E-state index is -0.340. The zero-order valence-electron chi connectivity index (χ0n) is 8.37. The van der Waals surface area contributed by atoms with E-state index in [1.54, 1.807) is 12.1 Å². The summed E-state index contributed by atoms with van der Waals surface area (Å²) in [5.74, 6) is 0.323. The highest BCUT2D eigenvalue weighted by Gasteiger charge is 2.14. The van der Waals surface area contributed by atoms with Crippen LogP contribution in [0.5, 0.6) is 0 Å². The third-order valence-electron chi connectivity index (χ3n) is 2.20. The maximum absolute atomic E-state index is 10.6. The van der Waals surface area contributed by atoms with E-state index in [-0.39, 0.29) is 10.6 Å². The number of non-ortho nitro benzene ring substituents is 1. The highest BCUT2D eigenvalue weighted by Crippen LogP contribution is 2.28. The normalized spacial score (nSPS) is 10.6. The molecule has 0 aromatic heterocycles. The van der Waals surface area contributed by atoms with Gasteiger partial charge in [-0.05, 0) is 46.6 Å². The molecule has 0 saturated heterocycles. The van der Waals surface area contributed by atoms with Crippen LogP contribution < -0.4 is 0 Å². The van der Waals surface area contributed by atoms with Crippen LogP contribution in [0.25, 0.3) is 0 Å². The first-order chi connectivity index (χ1) is 6.43. The third kappa shape index (κ3) is 2.23. The molecule has 0 aliphatic rings. The summed E-state index contributed by atoms with van der Waals surface area (Å²) in [6, 6.07) is 3.28. The Morgan fingerprint density at radius 2 is 2.00 bits per heavy atom. The van der Waals surface area contributed by atoms with Crippen molar-refractivity contribution in [3.05, 3.63) is 36.9 Å². The van der Waals surface area contributed by atoms with Crippen molar-refractivity contribution >= 4 is 28.3 Å². The monoisotopic (exact) mass is 305 g/mol. The maximum atomic E-state index is 10.6. The Hall–Kier alpha value is -0.650. The molecule has 0 bridgehead atoms. The van der Waals surface area contributed by atoms with E-state index in [1.807, 2.05) is 20.8 Å². The second kappa shape index (κ2) is 4.25. The summed E-state index contributed by atoms with van der Waals surface area (Å²) in [7, 11) is 0. The minimum absolute atomic E-state index is 0.184. The van der Waals surface area contributed by atoms with Gasteiger partial charge in [0, 0.05) is 15.7 Å². The SMILES string of the molecule is Cc1c(I)cc([N+](=O)[O-])cc1C(C)C. The number of halogens is 1. The van der Waals surface area contributed by atoms with Crippen LogP contribution in [0, 0.1) is 20.6 Å². The van der Waals surface area contributed by atoms with Gasteiger partial charge in [-0.15, -0.1) is 0 Å². The molecule has 1 aromatic rings. The number of nitro benzene ring substituents is 1. The van der Waals surface area contributed by atoms with Crippen LogP contribution in [-0.2, 0) is 0 Å². The lowest BCUT2D eigenvalue weighted by atomic mass is 9.97. The van der Waals surface area contributed by atoms with Crippen LogP contribution >= 0.6 is 22.6 Å². The summed E-state index contributed by atoms with van der Waals surface area (Å²) >= 11 is 2.14. The Kier molecular flexibility index (Phi) is 3.47. The Morgan fingerprint density at radius 1 is 1.43 bits per heavy atom. The molecule has 1 rings (SSSR count). The first-order valence-electron chi connectivity index (χ1n) is 4.38. The molecule has 0 N–H and O–H groups in total. The van der Waals surface area contributed by atoms with E-state index < -0.39 is 0 Å². The molecule has 4 heteroatoms. The molecule has 0 unspecified atom stereocenters. The topological polar surface area (TPSA) is 43.1 Å². The average molecular weight is 305 g/mol. The van der Waals surface area contributed by atoms with Gasteiger partial charge in [-0.25, -0.2) is 0 Å². The van der Waals surface area contributed by atoms with Crippen LogP contribution in [0.2, 0.25) is 0 Å². The minimum Gasteiger partial charge on any atom is -0.258 e. The third-order valence-corrected chi connectivity index (χ3v) is 3.32. The number of nitrogens with zero attached hydrogens (tertiary/aromatic N) is 1. The van der Waals surface area contributed by atoms with E-state index >= 15 is 0 Å². The fourth-order valence-electron chi connectivity index (χ4n) is 1.39. The molecule has 3 nitrogen and oxygen atoms in total. The van der Waals surface area contributed by atoms with Gasteiger partial charge in [0.05, 0.1) is 4.92 Å². The van der Waals surface area contributed by atoms with Crippen molar-refractivity contribution in [2.45, 2.75) is 26.7 Å². The smallest absolute Gasteiger partial charge is 0.258 e. The van der Waals surface area contributed by atoms with Crippen molar-refractivity contribution in [2.24, 2.45) is 0 Å². The van der Waals surface area contributed by atoms with Gasteiger partial charge in [0.2, 0.25) is 0 Å². The predicted octanol–water partition coefficient (Wildman–Crippen LogP) is 3.63. The lowest BCUT2D eigenvalue weighted by Crippen LogP contribution is -1.98. The molecule has 0 amide bonds. The van der Waals surface area contributed by atoms with Gasteiger partial charge < -0.3 is 0 Å². The second-order valence-electron chi connectivity index (χ2n) is 3.55. The molecule has 0 atom stereocenters. The van der Waals surface area contributed by atoms with Crippen molar-refractivity contribution in [1.29, 1.82) is 0 Å². The molecule has 0 spiro atoms. The molecule has 0 aliphatic carbocycles. The van der Waals surface area contributed by atoms with Crippen molar-refractivity contribution in [3.63, 3.8) is 0 Å². The number of benzene rings is 1.